The minimum absolute atomic E-state index is 0.0155. The molecule has 0 heterocycles. The number of hydrogen-bond donors (Lipinski definition) is 1. The second kappa shape index (κ2) is 5.75. The molecule has 0 aliphatic heterocycles. The first-order valence-electron chi connectivity index (χ1n) is 5.14. The van der Waals surface area contributed by atoms with Gasteiger partial charge in [-0.05, 0) is 6.07 Å². The summed E-state index contributed by atoms with van der Waals surface area (Å²) in [5.74, 6) is 0.306. The normalized spacial score (nSPS) is 12.2. The number of phenolic OH excluding ortho intramolecular Hbond substituents is 1. The fourth-order valence-corrected chi connectivity index (χ4v) is 1.55. The molecule has 0 radical (unpaired) electrons. The molecule has 3 nitrogen and oxygen atoms in total. The van der Waals surface area contributed by atoms with Gasteiger partial charge in [-0.15, -0.1) is 11.6 Å². The molecule has 1 atom stereocenters. The van der Waals surface area contributed by atoms with Crippen molar-refractivity contribution >= 4 is 17.5 Å². The monoisotopic (exact) mass is 241 g/mol. The second-order valence-corrected chi connectivity index (χ2v) is 4.19. The molecule has 0 aromatic heterocycles. The number of alkyl halides is 1. The smallest absolute Gasteiger partial charge is 0.226 e. The standard InChI is InChI=1S/C12H16ClNO2/c1-9(7-13)12(16)14(2)8-10-5-3-4-6-11(10)15/h3-6,9,15H,7-8H2,1-2H3. The van der Waals surface area contributed by atoms with Crippen LogP contribution < -0.4 is 0 Å². The van der Waals surface area contributed by atoms with Crippen LogP contribution in [-0.4, -0.2) is 28.8 Å². The van der Waals surface area contributed by atoms with Gasteiger partial charge in [0, 0.05) is 31.0 Å². The van der Waals surface area contributed by atoms with Crippen molar-refractivity contribution in [1.82, 2.24) is 4.90 Å². The third-order valence-electron chi connectivity index (χ3n) is 2.43. The molecule has 88 valence electrons. The highest BCUT2D eigenvalue weighted by Crippen LogP contribution is 2.18. The average Bonchev–Trinajstić information content (AvgIpc) is 2.30. The first-order chi connectivity index (χ1) is 7.56. The minimum Gasteiger partial charge on any atom is -0.508 e. The predicted molar refractivity (Wildman–Crippen MR) is 64.5 cm³/mol. The van der Waals surface area contributed by atoms with Gasteiger partial charge in [0.25, 0.3) is 0 Å². The van der Waals surface area contributed by atoms with Gasteiger partial charge in [-0.2, -0.15) is 0 Å². The van der Waals surface area contributed by atoms with E-state index in [1.54, 1.807) is 37.1 Å². The van der Waals surface area contributed by atoms with E-state index in [2.05, 4.69) is 0 Å². The van der Waals surface area contributed by atoms with Gasteiger partial charge in [0.1, 0.15) is 5.75 Å². The molecule has 0 aliphatic rings. The molecular weight excluding hydrogens is 226 g/mol. The molecule has 16 heavy (non-hydrogen) atoms. The Bertz CT molecular complexity index is 368. The number of nitrogens with zero attached hydrogens (tertiary/aromatic N) is 1. The lowest BCUT2D eigenvalue weighted by Gasteiger charge is -2.20. The molecule has 1 aromatic rings. The van der Waals surface area contributed by atoms with Crippen LogP contribution >= 0.6 is 11.6 Å². The summed E-state index contributed by atoms with van der Waals surface area (Å²) in [4.78, 5) is 13.3. The second-order valence-electron chi connectivity index (χ2n) is 3.88. The lowest BCUT2D eigenvalue weighted by atomic mass is 10.1. The van der Waals surface area contributed by atoms with Crippen molar-refractivity contribution in [1.29, 1.82) is 0 Å². The molecule has 1 unspecified atom stereocenters. The number of para-hydroxylation sites is 1. The molecule has 0 bridgehead atoms. The summed E-state index contributed by atoms with van der Waals surface area (Å²) in [6.07, 6.45) is 0. The number of phenols is 1. The Morgan fingerprint density at radius 2 is 2.12 bits per heavy atom. The van der Waals surface area contributed by atoms with Crippen molar-refractivity contribution in [2.24, 2.45) is 5.92 Å². The Morgan fingerprint density at radius 3 is 2.69 bits per heavy atom. The number of rotatable bonds is 4. The number of hydrogen-bond acceptors (Lipinski definition) is 2. The van der Waals surface area contributed by atoms with Crippen molar-refractivity contribution in [3.05, 3.63) is 29.8 Å². The molecule has 0 aliphatic carbocycles. The molecule has 1 amide bonds. The van der Waals surface area contributed by atoms with Crippen molar-refractivity contribution in [3.63, 3.8) is 0 Å². The summed E-state index contributed by atoms with van der Waals surface area (Å²) in [5, 5.41) is 9.57. The number of amides is 1. The average molecular weight is 242 g/mol. The van der Waals surface area contributed by atoms with E-state index in [1.807, 2.05) is 6.07 Å². The Balaban J connectivity index is 2.68. The summed E-state index contributed by atoms with van der Waals surface area (Å²) >= 11 is 5.63. The Labute approximate surface area is 101 Å². The van der Waals surface area contributed by atoms with Crippen LogP contribution in [0.1, 0.15) is 12.5 Å². The van der Waals surface area contributed by atoms with Gasteiger partial charge in [0.05, 0.1) is 0 Å². The number of benzene rings is 1. The van der Waals surface area contributed by atoms with Crippen LogP contribution in [0.3, 0.4) is 0 Å². The first kappa shape index (κ1) is 12.8. The lowest BCUT2D eigenvalue weighted by Crippen LogP contribution is -2.31. The fraction of sp³-hybridized carbons (Fsp3) is 0.417. The van der Waals surface area contributed by atoms with Gasteiger partial charge in [-0.3, -0.25) is 4.79 Å². The maximum Gasteiger partial charge on any atom is 0.226 e. The van der Waals surface area contributed by atoms with E-state index in [9.17, 15) is 9.90 Å². The van der Waals surface area contributed by atoms with Crippen LogP contribution in [0.4, 0.5) is 0 Å². The molecule has 0 fully saturated rings. The zero-order chi connectivity index (χ0) is 12.1. The number of carbonyl (C=O) groups excluding carboxylic acids is 1. The highest BCUT2D eigenvalue weighted by molar-refractivity contribution is 6.19. The van der Waals surface area contributed by atoms with Crippen LogP contribution in [0.25, 0.3) is 0 Å². The predicted octanol–water partition coefficient (Wildman–Crippen LogP) is 2.23. The summed E-state index contributed by atoms with van der Waals surface area (Å²) < 4.78 is 0. The Hall–Kier alpha value is -1.22. The fourth-order valence-electron chi connectivity index (χ4n) is 1.42. The summed E-state index contributed by atoms with van der Waals surface area (Å²) in [6.45, 7) is 2.18. The molecule has 4 heteroatoms. The molecule has 1 aromatic carbocycles. The van der Waals surface area contributed by atoms with Crippen LogP contribution in [0.2, 0.25) is 0 Å². The summed E-state index contributed by atoms with van der Waals surface area (Å²) in [7, 11) is 1.71. The van der Waals surface area contributed by atoms with Gasteiger partial charge in [0.2, 0.25) is 5.91 Å². The van der Waals surface area contributed by atoms with Crippen LogP contribution in [0, 0.1) is 5.92 Å². The van der Waals surface area contributed by atoms with E-state index < -0.39 is 0 Å². The lowest BCUT2D eigenvalue weighted by molar-refractivity contribution is -0.133. The van der Waals surface area contributed by atoms with Gasteiger partial charge in [-0.1, -0.05) is 25.1 Å². The van der Waals surface area contributed by atoms with Crippen LogP contribution in [0.15, 0.2) is 24.3 Å². The van der Waals surface area contributed by atoms with Crippen LogP contribution in [-0.2, 0) is 11.3 Å². The maximum atomic E-state index is 11.7. The number of carbonyl (C=O) groups is 1. The molecule has 1 N–H and O–H groups in total. The first-order valence-corrected chi connectivity index (χ1v) is 5.67. The van der Waals surface area contributed by atoms with E-state index in [0.717, 1.165) is 5.56 Å². The van der Waals surface area contributed by atoms with E-state index in [0.29, 0.717) is 12.4 Å². The van der Waals surface area contributed by atoms with Crippen molar-refractivity contribution < 1.29 is 9.90 Å². The molecule has 0 saturated heterocycles. The zero-order valence-electron chi connectivity index (χ0n) is 9.48. The third-order valence-corrected chi connectivity index (χ3v) is 2.89. The van der Waals surface area contributed by atoms with E-state index >= 15 is 0 Å². The maximum absolute atomic E-state index is 11.7. The van der Waals surface area contributed by atoms with Crippen molar-refractivity contribution in [3.8, 4) is 5.75 Å². The Kier molecular flexibility index (Phi) is 4.62. The number of halogens is 1. The topological polar surface area (TPSA) is 40.5 Å². The molecule has 0 spiro atoms. The SMILES string of the molecule is CC(CCl)C(=O)N(C)Cc1ccccc1O. The summed E-state index contributed by atoms with van der Waals surface area (Å²) in [5.41, 5.74) is 0.736. The van der Waals surface area contributed by atoms with E-state index in [4.69, 9.17) is 11.6 Å². The highest BCUT2D eigenvalue weighted by Gasteiger charge is 2.17. The molecular formula is C12H16ClNO2. The minimum atomic E-state index is -0.197. The largest absolute Gasteiger partial charge is 0.508 e. The third kappa shape index (κ3) is 3.14. The molecule has 1 rings (SSSR count). The van der Waals surface area contributed by atoms with E-state index in [-0.39, 0.29) is 17.6 Å². The zero-order valence-corrected chi connectivity index (χ0v) is 10.2. The van der Waals surface area contributed by atoms with Crippen LogP contribution in [0.5, 0.6) is 5.75 Å². The van der Waals surface area contributed by atoms with Gasteiger partial charge in [-0.25, -0.2) is 0 Å². The van der Waals surface area contributed by atoms with Crippen molar-refractivity contribution in [2.45, 2.75) is 13.5 Å². The highest BCUT2D eigenvalue weighted by atomic mass is 35.5. The van der Waals surface area contributed by atoms with E-state index in [1.165, 1.54) is 0 Å². The Morgan fingerprint density at radius 1 is 1.50 bits per heavy atom. The molecule has 0 saturated carbocycles. The number of aromatic hydroxyl groups is 1. The quantitative estimate of drug-likeness (QED) is 0.822. The summed E-state index contributed by atoms with van der Waals surface area (Å²) in [6, 6.07) is 6.99. The van der Waals surface area contributed by atoms with Gasteiger partial charge >= 0.3 is 0 Å². The van der Waals surface area contributed by atoms with Gasteiger partial charge < -0.3 is 10.0 Å². The van der Waals surface area contributed by atoms with Gasteiger partial charge in [0.15, 0.2) is 0 Å². The van der Waals surface area contributed by atoms with Crippen molar-refractivity contribution in [2.75, 3.05) is 12.9 Å².